The summed E-state index contributed by atoms with van der Waals surface area (Å²) in [6, 6.07) is 7.61. The second-order valence-corrected chi connectivity index (χ2v) is 10.7. The summed E-state index contributed by atoms with van der Waals surface area (Å²) in [5.41, 5.74) is 1.56. The van der Waals surface area contributed by atoms with Crippen molar-refractivity contribution in [1.82, 2.24) is 4.72 Å². The summed E-state index contributed by atoms with van der Waals surface area (Å²) in [5, 5.41) is 0. The third-order valence-corrected chi connectivity index (χ3v) is 7.13. The van der Waals surface area contributed by atoms with Crippen LogP contribution >= 0.6 is 0 Å². The average Bonchev–Trinajstić information content (AvgIpc) is 2.66. The molecule has 3 atom stereocenters. The number of benzene rings is 1. The Hall–Kier alpha value is -1.26. The van der Waals surface area contributed by atoms with Crippen molar-refractivity contribution in [1.29, 1.82) is 0 Å². The van der Waals surface area contributed by atoms with Crippen LogP contribution in [-0.2, 0) is 11.0 Å². The number of hydrogen-bond acceptors (Lipinski definition) is 2. The lowest BCUT2D eigenvalue weighted by Gasteiger charge is -2.40. The fourth-order valence-electron chi connectivity index (χ4n) is 3.48. The molecule has 1 unspecified atom stereocenters. The predicted molar refractivity (Wildman–Crippen MR) is 122 cm³/mol. The van der Waals surface area contributed by atoms with Crippen molar-refractivity contribution >= 4 is 16.8 Å². The Morgan fingerprint density at radius 3 is 2.18 bits per heavy atom. The van der Waals surface area contributed by atoms with Crippen molar-refractivity contribution in [2.75, 3.05) is 0 Å². The van der Waals surface area contributed by atoms with Crippen LogP contribution in [0.25, 0.3) is 0 Å². The molecule has 158 valence electrons. The Bertz CT molecular complexity index is 660. The molecule has 3 nitrogen and oxygen atoms in total. The average molecular weight is 406 g/mol. The molecule has 1 aromatic carbocycles. The van der Waals surface area contributed by atoms with Gasteiger partial charge in [-0.25, -0.2) is 8.93 Å². The summed E-state index contributed by atoms with van der Waals surface area (Å²) >= 11 is 0. The number of rotatable bonds is 12. The highest BCUT2D eigenvalue weighted by atomic mass is 32.2. The summed E-state index contributed by atoms with van der Waals surface area (Å²) < 4.78 is 16.1. The quantitative estimate of drug-likeness (QED) is 0.244. The van der Waals surface area contributed by atoms with Gasteiger partial charge in [-0.2, -0.15) is 0 Å². The number of unbranched alkanes of at least 4 members (excludes halogenated alkanes) is 3. The molecule has 1 aromatic rings. The fourth-order valence-corrected chi connectivity index (χ4v) is 4.42. The van der Waals surface area contributed by atoms with E-state index >= 15 is 0 Å². The lowest BCUT2D eigenvalue weighted by atomic mass is 9.71. The topological polar surface area (TPSA) is 46.2 Å². The highest BCUT2D eigenvalue weighted by Crippen LogP contribution is 2.43. The Kier molecular flexibility index (Phi) is 9.79. The maximum absolute atomic E-state index is 13.0. The van der Waals surface area contributed by atoms with Crippen molar-refractivity contribution in [2.24, 2.45) is 5.41 Å². The number of ketones is 1. The van der Waals surface area contributed by atoms with Crippen molar-refractivity contribution in [3.05, 3.63) is 48.0 Å². The smallest absolute Gasteiger partial charge is 0.159 e. The van der Waals surface area contributed by atoms with E-state index in [1.165, 1.54) is 19.3 Å². The lowest BCUT2D eigenvalue weighted by Crippen LogP contribution is -2.42. The first-order valence-electron chi connectivity index (χ1n) is 10.5. The van der Waals surface area contributed by atoms with E-state index in [0.29, 0.717) is 5.56 Å². The van der Waals surface area contributed by atoms with Gasteiger partial charge in [-0.05, 0) is 46.1 Å². The third kappa shape index (κ3) is 6.66. The minimum Gasteiger partial charge on any atom is -0.295 e. The SMILES string of the molecule is C=C[C@@](CC)(CCCCCC)[C@H](NS(=O)C(C)(C)C)c1ccc(C(C)=O)cc1. The van der Waals surface area contributed by atoms with Crippen LogP contribution in [0.5, 0.6) is 0 Å². The first-order valence-corrected chi connectivity index (χ1v) is 11.7. The van der Waals surface area contributed by atoms with Crippen molar-refractivity contribution < 1.29 is 9.00 Å². The highest BCUT2D eigenvalue weighted by Gasteiger charge is 2.37. The summed E-state index contributed by atoms with van der Waals surface area (Å²) in [7, 11) is -1.21. The first kappa shape index (κ1) is 24.8. The van der Waals surface area contributed by atoms with Crippen LogP contribution in [0.4, 0.5) is 0 Å². The third-order valence-electron chi connectivity index (χ3n) is 5.57. The van der Waals surface area contributed by atoms with E-state index in [2.05, 4.69) is 31.2 Å². The molecule has 0 saturated heterocycles. The van der Waals surface area contributed by atoms with Gasteiger partial charge in [0.2, 0.25) is 0 Å². The van der Waals surface area contributed by atoms with Gasteiger partial charge >= 0.3 is 0 Å². The van der Waals surface area contributed by atoms with Gasteiger partial charge in [-0.1, -0.05) is 69.9 Å². The summed E-state index contributed by atoms with van der Waals surface area (Å²) in [6.07, 6.45) is 8.72. The Balaban J connectivity index is 3.30. The van der Waals surface area contributed by atoms with Crippen LogP contribution in [0, 0.1) is 5.41 Å². The molecule has 0 spiro atoms. The molecule has 0 amide bonds. The summed E-state index contributed by atoms with van der Waals surface area (Å²) in [4.78, 5) is 11.7. The zero-order valence-electron chi connectivity index (χ0n) is 18.6. The molecular formula is C24H39NO2S. The maximum Gasteiger partial charge on any atom is 0.159 e. The van der Waals surface area contributed by atoms with Gasteiger partial charge in [0.1, 0.15) is 0 Å². The molecule has 0 bridgehead atoms. The maximum atomic E-state index is 13.0. The zero-order valence-corrected chi connectivity index (χ0v) is 19.5. The monoisotopic (exact) mass is 405 g/mol. The van der Waals surface area contributed by atoms with Crippen LogP contribution in [0.15, 0.2) is 36.9 Å². The molecule has 0 heterocycles. The normalized spacial score (nSPS) is 16.2. The molecule has 0 saturated carbocycles. The van der Waals surface area contributed by atoms with Crippen LogP contribution in [0.3, 0.4) is 0 Å². The Labute approximate surface area is 175 Å². The number of nitrogens with one attached hydrogen (secondary N) is 1. The second kappa shape index (κ2) is 11.1. The van der Waals surface area contributed by atoms with Gasteiger partial charge in [0.25, 0.3) is 0 Å². The molecule has 28 heavy (non-hydrogen) atoms. The molecule has 0 aliphatic rings. The van der Waals surface area contributed by atoms with E-state index < -0.39 is 11.0 Å². The highest BCUT2D eigenvalue weighted by molar-refractivity contribution is 7.84. The number of carbonyl (C=O) groups excluding carboxylic acids is 1. The zero-order chi connectivity index (χ0) is 21.4. The standard InChI is InChI=1S/C24H39NO2S/c1-8-11-12-13-18-24(9-2,10-3)22(25-28(27)23(5,6)7)21-16-14-20(15-17-21)19(4)26/h9,14-17,22,25H,2,8,10-13,18H2,1,3-7H3/t22-,24-,28?/m1/s1. The molecule has 0 aliphatic heterocycles. The van der Waals surface area contributed by atoms with E-state index in [9.17, 15) is 9.00 Å². The molecule has 0 fully saturated rings. The van der Waals surface area contributed by atoms with E-state index in [0.717, 1.165) is 24.8 Å². The van der Waals surface area contributed by atoms with Crippen LogP contribution in [-0.4, -0.2) is 14.7 Å². The number of hydrogen-bond donors (Lipinski definition) is 1. The van der Waals surface area contributed by atoms with E-state index in [-0.39, 0.29) is 22.0 Å². The molecule has 0 radical (unpaired) electrons. The van der Waals surface area contributed by atoms with Gasteiger partial charge in [-0.3, -0.25) is 4.79 Å². The van der Waals surface area contributed by atoms with Crippen LogP contribution in [0.1, 0.15) is 102 Å². The van der Waals surface area contributed by atoms with Gasteiger partial charge in [0, 0.05) is 11.0 Å². The summed E-state index contributed by atoms with van der Waals surface area (Å²) in [5.74, 6) is 0.0550. The molecule has 0 aliphatic carbocycles. The predicted octanol–water partition coefficient (Wildman–Crippen LogP) is 6.53. The second-order valence-electron chi connectivity index (χ2n) is 8.71. The Morgan fingerprint density at radius 1 is 1.14 bits per heavy atom. The van der Waals surface area contributed by atoms with Crippen LogP contribution in [0.2, 0.25) is 0 Å². The minimum absolute atomic E-state index is 0.0550. The fraction of sp³-hybridized carbons (Fsp3) is 0.625. The van der Waals surface area contributed by atoms with Gasteiger partial charge in [0.15, 0.2) is 5.78 Å². The van der Waals surface area contributed by atoms with Crippen molar-refractivity contribution in [3.8, 4) is 0 Å². The molecule has 4 heteroatoms. The van der Waals surface area contributed by atoms with E-state index in [1.54, 1.807) is 6.92 Å². The number of Topliss-reactive ketones (excluding diaryl/α,β-unsaturated/α-hetero) is 1. The lowest BCUT2D eigenvalue weighted by molar-refractivity contribution is 0.101. The largest absolute Gasteiger partial charge is 0.295 e. The van der Waals surface area contributed by atoms with Gasteiger partial charge in [0.05, 0.1) is 21.8 Å². The first-order chi connectivity index (χ1) is 13.1. The molecule has 0 aromatic heterocycles. The van der Waals surface area contributed by atoms with Gasteiger partial charge < -0.3 is 0 Å². The van der Waals surface area contributed by atoms with E-state index in [1.807, 2.05) is 45.0 Å². The molecule has 1 rings (SSSR count). The molecular weight excluding hydrogens is 366 g/mol. The van der Waals surface area contributed by atoms with Gasteiger partial charge in [-0.15, -0.1) is 6.58 Å². The molecule has 1 N–H and O–H groups in total. The van der Waals surface area contributed by atoms with Crippen molar-refractivity contribution in [3.63, 3.8) is 0 Å². The van der Waals surface area contributed by atoms with Crippen molar-refractivity contribution in [2.45, 2.75) is 90.9 Å². The Morgan fingerprint density at radius 2 is 1.75 bits per heavy atom. The van der Waals surface area contributed by atoms with Crippen LogP contribution < -0.4 is 4.72 Å². The minimum atomic E-state index is -1.21. The van der Waals surface area contributed by atoms with E-state index in [4.69, 9.17) is 0 Å². The number of carbonyl (C=O) groups is 1. The summed E-state index contributed by atoms with van der Waals surface area (Å²) in [6.45, 7) is 16.1.